The maximum Gasteiger partial charge on any atom is 0.0608 e. The fourth-order valence-electron chi connectivity index (χ4n) is 2.13. The van der Waals surface area contributed by atoms with Crippen molar-refractivity contribution in [2.24, 2.45) is 0 Å². The van der Waals surface area contributed by atoms with Crippen LogP contribution in [0.1, 0.15) is 36.5 Å². The van der Waals surface area contributed by atoms with Crippen LogP contribution in [0.15, 0.2) is 18.2 Å². The van der Waals surface area contributed by atoms with E-state index in [1.54, 1.807) is 0 Å². The monoisotopic (exact) mass is 190 g/mol. The molecule has 1 aromatic carbocycles. The maximum absolute atomic E-state index is 9.76. The Balaban J connectivity index is 2.38. The van der Waals surface area contributed by atoms with Gasteiger partial charge >= 0.3 is 0 Å². The first-order valence-electron chi connectivity index (χ1n) is 5.32. The Labute approximate surface area is 85.8 Å². The Hall–Kier alpha value is -0.820. The molecule has 0 saturated heterocycles. The molecular formula is C13H18O. The zero-order valence-electron chi connectivity index (χ0n) is 9.17. The third kappa shape index (κ3) is 1.36. The summed E-state index contributed by atoms with van der Waals surface area (Å²) in [5.74, 6) is 0. The van der Waals surface area contributed by atoms with Crippen LogP contribution >= 0.6 is 0 Å². The van der Waals surface area contributed by atoms with E-state index in [2.05, 4.69) is 32.0 Å². The van der Waals surface area contributed by atoms with Gasteiger partial charge in [0.05, 0.1) is 6.10 Å². The van der Waals surface area contributed by atoms with E-state index >= 15 is 0 Å². The quantitative estimate of drug-likeness (QED) is 0.760. The van der Waals surface area contributed by atoms with E-state index in [0.717, 1.165) is 12.8 Å². The van der Waals surface area contributed by atoms with Crippen molar-refractivity contribution in [2.45, 2.75) is 45.1 Å². The molecule has 1 fully saturated rings. The van der Waals surface area contributed by atoms with Crippen molar-refractivity contribution in [3.05, 3.63) is 34.9 Å². The normalized spacial score (nSPS) is 20.6. The number of benzene rings is 1. The molecule has 0 aromatic heterocycles. The summed E-state index contributed by atoms with van der Waals surface area (Å²) in [4.78, 5) is 0. The van der Waals surface area contributed by atoms with Gasteiger partial charge in [-0.3, -0.25) is 0 Å². The molecule has 0 heterocycles. The molecule has 0 bridgehead atoms. The molecule has 1 saturated carbocycles. The summed E-state index contributed by atoms with van der Waals surface area (Å²) in [6.07, 6.45) is 2.05. The van der Waals surface area contributed by atoms with Gasteiger partial charge in [-0.1, -0.05) is 18.2 Å². The van der Waals surface area contributed by atoms with Crippen molar-refractivity contribution in [1.82, 2.24) is 0 Å². The van der Waals surface area contributed by atoms with Crippen LogP contribution in [0.25, 0.3) is 0 Å². The lowest BCUT2D eigenvalue weighted by molar-refractivity contribution is 0.150. The second-order valence-corrected chi connectivity index (χ2v) is 4.63. The van der Waals surface area contributed by atoms with E-state index < -0.39 is 0 Å². The van der Waals surface area contributed by atoms with E-state index in [1.807, 2.05) is 6.92 Å². The van der Waals surface area contributed by atoms with Crippen LogP contribution in [0.5, 0.6) is 0 Å². The van der Waals surface area contributed by atoms with Gasteiger partial charge in [0, 0.05) is 5.41 Å². The summed E-state index contributed by atoms with van der Waals surface area (Å²) >= 11 is 0. The molecule has 14 heavy (non-hydrogen) atoms. The van der Waals surface area contributed by atoms with Crippen LogP contribution in [0.2, 0.25) is 0 Å². The van der Waals surface area contributed by atoms with Crippen molar-refractivity contribution in [2.75, 3.05) is 0 Å². The molecule has 1 aliphatic rings. The van der Waals surface area contributed by atoms with Crippen LogP contribution in [0, 0.1) is 13.8 Å². The first-order chi connectivity index (χ1) is 6.56. The minimum atomic E-state index is -0.218. The van der Waals surface area contributed by atoms with Crippen molar-refractivity contribution >= 4 is 0 Å². The van der Waals surface area contributed by atoms with Gasteiger partial charge in [0.15, 0.2) is 0 Å². The van der Waals surface area contributed by atoms with Gasteiger partial charge in [-0.15, -0.1) is 0 Å². The number of hydrogen-bond acceptors (Lipinski definition) is 1. The largest absolute Gasteiger partial charge is 0.392 e. The number of aliphatic hydroxyl groups is 1. The molecule has 0 aliphatic heterocycles. The standard InChI is InChI=1S/C13H18O/c1-9-4-5-12(8-10(9)2)13(6-7-13)11(3)14/h4-5,8,11,14H,6-7H2,1-3H3. The predicted octanol–water partition coefficient (Wildman–Crippen LogP) is 2.72. The van der Waals surface area contributed by atoms with E-state index in [1.165, 1.54) is 16.7 Å². The first kappa shape index (κ1) is 9.72. The minimum Gasteiger partial charge on any atom is -0.392 e. The summed E-state index contributed by atoms with van der Waals surface area (Å²) in [5, 5.41) is 9.76. The number of aryl methyl sites for hydroxylation is 2. The van der Waals surface area contributed by atoms with Gasteiger partial charge in [0.25, 0.3) is 0 Å². The molecule has 0 spiro atoms. The summed E-state index contributed by atoms with van der Waals surface area (Å²) in [5.41, 5.74) is 4.05. The molecule has 1 aromatic rings. The molecular weight excluding hydrogens is 172 g/mol. The lowest BCUT2D eigenvalue weighted by Crippen LogP contribution is -2.22. The van der Waals surface area contributed by atoms with Crippen LogP contribution < -0.4 is 0 Å². The van der Waals surface area contributed by atoms with Crippen molar-refractivity contribution < 1.29 is 5.11 Å². The molecule has 76 valence electrons. The average molecular weight is 190 g/mol. The van der Waals surface area contributed by atoms with Gasteiger partial charge < -0.3 is 5.11 Å². The highest BCUT2D eigenvalue weighted by Gasteiger charge is 2.48. The highest BCUT2D eigenvalue weighted by atomic mass is 16.3. The predicted molar refractivity (Wildman–Crippen MR) is 58.5 cm³/mol. The fourth-order valence-corrected chi connectivity index (χ4v) is 2.13. The Morgan fingerprint density at radius 1 is 1.21 bits per heavy atom. The summed E-state index contributed by atoms with van der Waals surface area (Å²) in [7, 11) is 0. The second kappa shape index (κ2) is 3.09. The third-order valence-electron chi connectivity index (χ3n) is 3.67. The summed E-state index contributed by atoms with van der Waals surface area (Å²) in [6.45, 7) is 6.17. The van der Waals surface area contributed by atoms with Crippen LogP contribution in [-0.2, 0) is 5.41 Å². The molecule has 1 unspecified atom stereocenters. The molecule has 1 nitrogen and oxygen atoms in total. The second-order valence-electron chi connectivity index (χ2n) is 4.63. The van der Waals surface area contributed by atoms with Crippen molar-refractivity contribution in [3.63, 3.8) is 0 Å². The number of rotatable bonds is 2. The zero-order valence-corrected chi connectivity index (χ0v) is 9.17. The zero-order chi connectivity index (χ0) is 10.3. The first-order valence-corrected chi connectivity index (χ1v) is 5.32. The Bertz CT molecular complexity index is 348. The molecule has 0 amide bonds. The van der Waals surface area contributed by atoms with Gasteiger partial charge in [0.2, 0.25) is 0 Å². The van der Waals surface area contributed by atoms with Gasteiger partial charge in [-0.2, -0.15) is 0 Å². The Morgan fingerprint density at radius 3 is 2.29 bits per heavy atom. The molecule has 1 atom stereocenters. The van der Waals surface area contributed by atoms with Gasteiger partial charge in [-0.05, 0) is 50.3 Å². The average Bonchev–Trinajstić information content (AvgIpc) is 2.90. The van der Waals surface area contributed by atoms with E-state index in [-0.39, 0.29) is 11.5 Å². The molecule has 1 heteroatoms. The smallest absolute Gasteiger partial charge is 0.0608 e. The molecule has 0 radical (unpaired) electrons. The minimum absolute atomic E-state index is 0.0818. The third-order valence-corrected chi connectivity index (χ3v) is 3.67. The van der Waals surface area contributed by atoms with E-state index in [9.17, 15) is 5.11 Å². The highest BCUT2D eigenvalue weighted by Crippen LogP contribution is 2.51. The fraction of sp³-hybridized carbons (Fsp3) is 0.538. The molecule has 2 rings (SSSR count). The van der Waals surface area contributed by atoms with E-state index in [4.69, 9.17) is 0 Å². The summed E-state index contributed by atoms with van der Waals surface area (Å²) in [6, 6.07) is 6.56. The van der Waals surface area contributed by atoms with Crippen LogP contribution in [0.3, 0.4) is 0 Å². The van der Waals surface area contributed by atoms with Crippen LogP contribution in [-0.4, -0.2) is 11.2 Å². The number of hydrogen-bond donors (Lipinski definition) is 1. The Kier molecular flexibility index (Phi) is 2.15. The van der Waals surface area contributed by atoms with Gasteiger partial charge in [0.1, 0.15) is 0 Å². The lowest BCUT2D eigenvalue weighted by Gasteiger charge is -2.20. The molecule has 1 aliphatic carbocycles. The van der Waals surface area contributed by atoms with Gasteiger partial charge in [-0.25, -0.2) is 0 Å². The number of aliphatic hydroxyl groups excluding tert-OH is 1. The van der Waals surface area contributed by atoms with E-state index in [0.29, 0.717) is 0 Å². The topological polar surface area (TPSA) is 20.2 Å². The lowest BCUT2D eigenvalue weighted by atomic mass is 9.89. The van der Waals surface area contributed by atoms with Crippen molar-refractivity contribution in [3.8, 4) is 0 Å². The maximum atomic E-state index is 9.76. The SMILES string of the molecule is Cc1ccc(C2(C(C)O)CC2)cc1C. The van der Waals surface area contributed by atoms with Crippen molar-refractivity contribution in [1.29, 1.82) is 0 Å². The Morgan fingerprint density at radius 2 is 1.86 bits per heavy atom. The van der Waals surface area contributed by atoms with Crippen LogP contribution in [0.4, 0.5) is 0 Å². The highest BCUT2D eigenvalue weighted by molar-refractivity contribution is 5.38. The molecule has 1 N–H and O–H groups in total. The summed E-state index contributed by atoms with van der Waals surface area (Å²) < 4.78 is 0.